The molecular weight excluding hydrogens is 367 g/mol. The lowest BCUT2D eigenvalue weighted by atomic mass is 9.44. The topological polar surface area (TPSA) is 76.0 Å². The fourth-order valence-electron chi connectivity index (χ4n) is 7.36. The number of ether oxygens (including phenoxy) is 1. The number of carbonyl (C=O) groups excluding carboxylic acids is 1. The minimum atomic E-state index is -0.748. The summed E-state index contributed by atoms with van der Waals surface area (Å²) in [5, 5.41) is 21.0. The van der Waals surface area contributed by atoms with E-state index in [1.54, 1.807) is 0 Å². The van der Waals surface area contributed by atoms with E-state index in [-0.39, 0.29) is 28.7 Å². The highest BCUT2D eigenvalue weighted by molar-refractivity contribution is 6.33. The first kappa shape index (κ1) is 21.6. The van der Waals surface area contributed by atoms with Gasteiger partial charge in [0.2, 0.25) is 0 Å². The van der Waals surface area contributed by atoms with Crippen LogP contribution in [0.3, 0.4) is 0 Å². The molecule has 5 nitrogen and oxygen atoms in total. The number of carbonyl (C=O) groups is 1. The first-order chi connectivity index (χ1) is 13.7. The van der Waals surface area contributed by atoms with Crippen molar-refractivity contribution >= 4 is 13.5 Å². The van der Waals surface area contributed by atoms with Crippen LogP contribution in [0.5, 0.6) is 0 Å². The molecule has 0 heterocycles. The average molecular weight is 406 g/mol. The summed E-state index contributed by atoms with van der Waals surface area (Å²) in [7, 11) is 0.439. The van der Waals surface area contributed by atoms with Crippen molar-refractivity contribution in [2.45, 2.75) is 121 Å². The molecule has 29 heavy (non-hydrogen) atoms. The number of hydrogen-bond acceptors (Lipinski definition) is 5. The Kier molecular flexibility index (Phi) is 5.62. The molecule has 0 saturated heterocycles. The Labute approximate surface area is 176 Å². The predicted molar refractivity (Wildman–Crippen MR) is 113 cm³/mol. The van der Waals surface area contributed by atoms with Gasteiger partial charge in [0, 0.05) is 5.92 Å². The maximum absolute atomic E-state index is 13.0. The van der Waals surface area contributed by atoms with Gasteiger partial charge in [-0.3, -0.25) is 4.79 Å². The lowest BCUT2D eigenvalue weighted by Gasteiger charge is -2.60. The summed E-state index contributed by atoms with van der Waals surface area (Å²) in [5.41, 5.74) is -0.993. The van der Waals surface area contributed by atoms with Crippen molar-refractivity contribution in [3.63, 3.8) is 0 Å². The molecule has 164 valence electrons. The molecule has 0 aromatic carbocycles. The molecule has 6 aliphatic rings. The Morgan fingerprint density at radius 3 is 2.55 bits per heavy atom. The molecule has 6 rings (SSSR count). The van der Waals surface area contributed by atoms with Gasteiger partial charge in [0.25, 0.3) is 5.97 Å². The molecule has 6 heteroatoms. The zero-order valence-corrected chi connectivity index (χ0v) is 18.5. The largest absolute Gasteiger partial charge is 0.539 e. The standard InChI is InChI=1S/C23H39BO5/c1-4-7-16(3)18(25)28-23-9-6-8-21(14-23,15-23)19(26)29-24-17-10-20(5-2)12-22(27,11-17)13-20/h16-18,24-25,27H,4-15H2,1-3H3. The molecule has 3 unspecified atom stereocenters. The summed E-state index contributed by atoms with van der Waals surface area (Å²) in [4.78, 5) is 13.0. The van der Waals surface area contributed by atoms with Crippen molar-refractivity contribution in [3.05, 3.63) is 0 Å². The van der Waals surface area contributed by atoms with E-state index in [4.69, 9.17) is 9.39 Å². The second-order valence-corrected chi connectivity index (χ2v) is 11.2. The highest BCUT2D eigenvalue weighted by Gasteiger charge is 2.64. The Morgan fingerprint density at radius 2 is 1.90 bits per heavy atom. The van der Waals surface area contributed by atoms with E-state index in [0.29, 0.717) is 20.3 Å². The van der Waals surface area contributed by atoms with Crippen molar-refractivity contribution in [1.29, 1.82) is 0 Å². The van der Waals surface area contributed by atoms with Crippen LogP contribution in [-0.4, -0.2) is 41.2 Å². The van der Waals surface area contributed by atoms with Crippen molar-refractivity contribution in [2.24, 2.45) is 16.7 Å². The molecule has 3 atom stereocenters. The summed E-state index contributed by atoms with van der Waals surface area (Å²) in [6, 6.07) is 0. The second kappa shape index (κ2) is 7.53. The quantitative estimate of drug-likeness (QED) is 0.449. The lowest BCUT2D eigenvalue weighted by Crippen LogP contribution is -2.62. The number of hydrogen-bond donors (Lipinski definition) is 2. The summed E-state index contributed by atoms with van der Waals surface area (Å²) in [5.74, 6) is 0.321. The van der Waals surface area contributed by atoms with Crippen LogP contribution < -0.4 is 0 Å². The van der Waals surface area contributed by atoms with E-state index >= 15 is 0 Å². The van der Waals surface area contributed by atoms with E-state index in [1.165, 1.54) is 0 Å². The fourth-order valence-corrected chi connectivity index (χ4v) is 7.36. The Hall–Kier alpha value is -0.585. The SMILES string of the molecule is CCCC(C)C(O)OC12CCCC(C(=O)OBC3CC4(O)CC(CC)(C3)C4)(C1)C2. The lowest BCUT2D eigenvalue weighted by molar-refractivity contribution is -0.279. The van der Waals surface area contributed by atoms with Gasteiger partial charge in [-0.1, -0.05) is 33.6 Å². The minimum absolute atomic E-state index is 0.0793. The maximum Gasteiger partial charge on any atom is 0.347 e. The number of fused-ring (bicyclic) bond motifs is 4. The monoisotopic (exact) mass is 406 g/mol. The molecule has 6 fully saturated rings. The van der Waals surface area contributed by atoms with Gasteiger partial charge in [-0.2, -0.15) is 0 Å². The second-order valence-electron chi connectivity index (χ2n) is 11.2. The number of rotatable bonds is 9. The normalized spacial score (nSPS) is 44.8. The highest BCUT2D eigenvalue weighted by atomic mass is 16.6. The average Bonchev–Trinajstić information content (AvgIpc) is 2.64. The first-order valence-electron chi connectivity index (χ1n) is 11.9. The van der Waals surface area contributed by atoms with E-state index in [2.05, 4.69) is 13.8 Å². The van der Waals surface area contributed by atoms with Gasteiger partial charge in [0.15, 0.2) is 6.29 Å². The molecule has 0 amide bonds. The third kappa shape index (κ3) is 3.90. The molecule has 6 saturated carbocycles. The molecule has 0 aromatic rings. The van der Waals surface area contributed by atoms with Crippen LogP contribution in [0, 0.1) is 16.7 Å². The van der Waals surface area contributed by atoms with Gasteiger partial charge in [0.05, 0.1) is 16.6 Å². The van der Waals surface area contributed by atoms with E-state index in [1.807, 2.05) is 6.92 Å². The number of aliphatic hydroxyl groups excluding tert-OH is 1. The Balaban J connectivity index is 1.29. The minimum Gasteiger partial charge on any atom is -0.539 e. The van der Waals surface area contributed by atoms with Crippen LogP contribution in [0.1, 0.15) is 97.8 Å². The molecular formula is C23H39BO5. The summed E-state index contributed by atoms with van der Waals surface area (Å²) >= 11 is 0. The van der Waals surface area contributed by atoms with Gasteiger partial charge >= 0.3 is 7.48 Å². The third-order valence-corrected chi connectivity index (χ3v) is 8.64. The summed E-state index contributed by atoms with van der Waals surface area (Å²) < 4.78 is 11.9. The zero-order valence-electron chi connectivity index (χ0n) is 18.5. The van der Waals surface area contributed by atoms with E-state index in [9.17, 15) is 15.0 Å². The number of aliphatic hydroxyl groups is 2. The summed E-state index contributed by atoms with van der Waals surface area (Å²) in [6.45, 7) is 6.35. The van der Waals surface area contributed by atoms with Crippen LogP contribution in [-0.2, 0) is 14.2 Å². The smallest absolute Gasteiger partial charge is 0.347 e. The van der Waals surface area contributed by atoms with Gasteiger partial charge in [-0.15, -0.1) is 0 Å². The van der Waals surface area contributed by atoms with Crippen LogP contribution in [0.4, 0.5) is 0 Å². The molecule has 2 N–H and O–H groups in total. The summed E-state index contributed by atoms with van der Waals surface area (Å²) in [6.07, 6.45) is 10.1. The molecule has 4 bridgehead atoms. The van der Waals surface area contributed by atoms with Crippen LogP contribution in [0.15, 0.2) is 0 Å². The molecule has 6 aliphatic carbocycles. The fraction of sp³-hybridized carbons (Fsp3) is 0.957. The van der Waals surface area contributed by atoms with Gasteiger partial charge in [-0.05, 0) is 75.4 Å². The van der Waals surface area contributed by atoms with Gasteiger partial charge in [0.1, 0.15) is 0 Å². The van der Waals surface area contributed by atoms with Crippen molar-refractivity contribution in [1.82, 2.24) is 0 Å². The maximum atomic E-state index is 13.0. The van der Waals surface area contributed by atoms with Crippen LogP contribution >= 0.6 is 0 Å². The highest BCUT2D eigenvalue weighted by Crippen LogP contribution is 2.64. The van der Waals surface area contributed by atoms with E-state index in [0.717, 1.165) is 64.2 Å². The molecule has 0 aromatic heterocycles. The van der Waals surface area contributed by atoms with E-state index < -0.39 is 17.3 Å². The molecule has 0 radical (unpaired) electrons. The van der Waals surface area contributed by atoms with Crippen molar-refractivity contribution < 1.29 is 24.4 Å². The van der Waals surface area contributed by atoms with Crippen molar-refractivity contribution in [2.75, 3.05) is 0 Å². The molecule has 0 spiro atoms. The van der Waals surface area contributed by atoms with Gasteiger partial charge < -0.3 is 19.6 Å². The van der Waals surface area contributed by atoms with Gasteiger partial charge in [-0.25, -0.2) is 0 Å². The zero-order chi connectivity index (χ0) is 20.9. The Bertz CT molecular complexity index is 623. The molecule has 0 aliphatic heterocycles. The Morgan fingerprint density at radius 1 is 1.17 bits per heavy atom. The van der Waals surface area contributed by atoms with Crippen LogP contribution in [0.2, 0.25) is 5.82 Å². The van der Waals surface area contributed by atoms with Crippen molar-refractivity contribution in [3.8, 4) is 0 Å². The van der Waals surface area contributed by atoms with Crippen LogP contribution in [0.25, 0.3) is 0 Å². The predicted octanol–water partition coefficient (Wildman–Crippen LogP) is 3.86. The third-order valence-electron chi connectivity index (χ3n) is 8.64. The first-order valence-corrected chi connectivity index (χ1v) is 11.9.